The van der Waals surface area contributed by atoms with E-state index in [9.17, 15) is 0 Å². The number of hydrogen-bond donors (Lipinski definition) is 1. The van der Waals surface area contributed by atoms with E-state index < -0.39 is 0 Å². The molecule has 0 saturated carbocycles. The van der Waals surface area contributed by atoms with Crippen molar-refractivity contribution < 1.29 is 0 Å². The van der Waals surface area contributed by atoms with Crippen LogP contribution in [0.5, 0.6) is 0 Å². The Kier molecular flexibility index (Phi) is 3.90. The van der Waals surface area contributed by atoms with Crippen LogP contribution in [0.3, 0.4) is 0 Å². The lowest BCUT2D eigenvalue weighted by molar-refractivity contribution is 0.895. The molecule has 0 aliphatic carbocycles. The molecule has 0 saturated heterocycles. The van der Waals surface area contributed by atoms with Crippen LogP contribution in [0.2, 0.25) is 0 Å². The molecule has 0 bridgehead atoms. The third-order valence-corrected chi connectivity index (χ3v) is 4.39. The quantitative estimate of drug-likeness (QED) is 0.609. The Morgan fingerprint density at radius 1 is 1.12 bits per heavy atom. The molecule has 0 amide bonds. The standard InChI is InChI=1S/C17H11N7S/c18-9-12-2-1-3-13(8-12)15-16(24-11-20-10-21-24)25-17(23-15)22-14-4-6-19-7-5-14/h1-8,10-11H,(H,19,22,23). The first kappa shape index (κ1) is 15.0. The maximum absolute atomic E-state index is 9.15. The van der Waals surface area contributed by atoms with Gasteiger partial charge in [0.2, 0.25) is 0 Å². The highest BCUT2D eigenvalue weighted by molar-refractivity contribution is 7.18. The van der Waals surface area contributed by atoms with Gasteiger partial charge in [-0.25, -0.2) is 14.6 Å². The van der Waals surface area contributed by atoms with Crippen molar-refractivity contribution in [3.8, 4) is 22.3 Å². The number of aromatic nitrogens is 5. The van der Waals surface area contributed by atoms with Gasteiger partial charge in [-0.3, -0.25) is 4.98 Å². The third kappa shape index (κ3) is 3.08. The lowest BCUT2D eigenvalue weighted by Crippen LogP contribution is -1.94. The Bertz CT molecular complexity index is 1030. The van der Waals surface area contributed by atoms with Crippen molar-refractivity contribution in [1.29, 1.82) is 5.26 Å². The summed E-state index contributed by atoms with van der Waals surface area (Å²) < 4.78 is 1.67. The minimum absolute atomic E-state index is 0.582. The van der Waals surface area contributed by atoms with Crippen LogP contribution in [0, 0.1) is 11.3 Å². The van der Waals surface area contributed by atoms with E-state index in [0.29, 0.717) is 10.7 Å². The van der Waals surface area contributed by atoms with Crippen LogP contribution in [-0.2, 0) is 0 Å². The van der Waals surface area contributed by atoms with Crippen LogP contribution in [0.1, 0.15) is 5.56 Å². The van der Waals surface area contributed by atoms with E-state index in [4.69, 9.17) is 10.2 Å². The minimum Gasteiger partial charge on any atom is -0.331 e. The molecule has 3 heterocycles. The third-order valence-electron chi connectivity index (χ3n) is 3.43. The highest BCUT2D eigenvalue weighted by Gasteiger charge is 2.16. The van der Waals surface area contributed by atoms with Crippen molar-refractivity contribution in [1.82, 2.24) is 24.7 Å². The van der Waals surface area contributed by atoms with Gasteiger partial charge in [-0.1, -0.05) is 23.5 Å². The zero-order chi connectivity index (χ0) is 17.1. The Hall–Kier alpha value is -3.57. The van der Waals surface area contributed by atoms with Crippen LogP contribution in [0.15, 0.2) is 61.4 Å². The Morgan fingerprint density at radius 3 is 2.76 bits per heavy atom. The fourth-order valence-electron chi connectivity index (χ4n) is 2.32. The second kappa shape index (κ2) is 6.51. The molecule has 0 aliphatic rings. The van der Waals surface area contributed by atoms with Crippen LogP contribution < -0.4 is 5.32 Å². The molecule has 120 valence electrons. The number of nitrogens with zero attached hydrogens (tertiary/aromatic N) is 6. The Morgan fingerprint density at radius 2 is 2.00 bits per heavy atom. The molecular formula is C17H11N7S. The number of nitriles is 1. The van der Waals surface area contributed by atoms with Crippen LogP contribution in [0.4, 0.5) is 10.8 Å². The summed E-state index contributed by atoms with van der Waals surface area (Å²) in [5.41, 5.74) is 3.07. The molecule has 8 heteroatoms. The lowest BCUT2D eigenvalue weighted by atomic mass is 10.1. The maximum Gasteiger partial charge on any atom is 0.189 e. The Balaban J connectivity index is 1.80. The number of nitrogens with one attached hydrogen (secondary N) is 1. The van der Waals surface area contributed by atoms with Crippen LogP contribution in [0.25, 0.3) is 16.3 Å². The molecule has 0 aliphatic heterocycles. The van der Waals surface area contributed by atoms with E-state index in [0.717, 1.165) is 21.9 Å². The van der Waals surface area contributed by atoms with Gasteiger partial charge >= 0.3 is 0 Å². The summed E-state index contributed by atoms with van der Waals surface area (Å²) in [6, 6.07) is 13.2. The zero-order valence-corrected chi connectivity index (χ0v) is 13.7. The molecule has 0 unspecified atom stereocenters. The topological polar surface area (TPSA) is 92.3 Å². The van der Waals surface area contributed by atoms with Gasteiger partial charge in [0.15, 0.2) is 5.13 Å². The summed E-state index contributed by atoms with van der Waals surface area (Å²) in [6.45, 7) is 0. The Labute approximate surface area is 147 Å². The second-order valence-corrected chi connectivity index (χ2v) is 6.04. The first-order valence-corrected chi connectivity index (χ1v) is 8.18. The van der Waals surface area contributed by atoms with Gasteiger partial charge in [0.25, 0.3) is 0 Å². The highest BCUT2D eigenvalue weighted by atomic mass is 32.1. The van der Waals surface area contributed by atoms with E-state index in [2.05, 4.69) is 26.5 Å². The zero-order valence-electron chi connectivity index (χ0n) is 12.9. The largest absolute Gasteiger partial charge is 0.331 e. The van der Waals surface area contributed by atoms with Crippen molar-refractivity contribution in [3.63, 3.8) is 0 Å². The average Bonchev–Trinajstić information content (AvgIpc) is 3.32. The minimum atomic E-state index is 0.582. The van der Waals surface area contributed by atoms with Crippen molar-refractivity contribution >= 4 is 22.2 Å². The highest BCUT2D eigenvalue weighted by Crippen LogP contribution is 2.35. The van der Waals surface area contributed by atoms with E-state index in [1.165, 1.54) is 17.7 Å². The molecule has 1 aromatic carbocycles. The van der Waals surface area contributed by atoms with E-state index in [1.807, 2.05) is 30.3 Å². The van der Waals surface area contributed by atoms with E-state index in [-0.39, 0.29) is 0 Å². The summed E-state index contributed by atoms with van der Waals surface area (Å²) in [5.74, 6) is 0. The summed E-state index contributed by atoms with van der Waals surface area (Å²) in [6.07, 6.45) is 6.53. The van der Waals surface area contributed by atoms with Gasteiger partial charge in [-0.2, -0.15) is 10.4 Å². The normalized spacial score (nSPS) is 10.4. The summed E-state index contributed by atoms with van der Waals surface area (Å²) >= 11 is 1.46. The molecule has 25 heavy (non-hydrogen) atoms. The molecule has 4 rings (SSSR count). The van der Waals surface area contributed by atoms with E-state index in [1.54, 1.807) is 29.5 Å². The molecule has 7 nitrogen and oxygen atoms in total. The average molecular weight is 345 g/mol. The first-order chi connectivity index (χ1) is 12.3. The molecule has 0 spiro atoms. The number of benzene rings is 1. The summed E-state index contributed by atoms with van der Waals surface area (Å²) in [4.78, 5) is 12.7. The molecule has 1 N–H and O–H groups in total. The van der Waals surface area contributed by atoms with Crippen molar-refractivity contribution in [2.75, 3.05) is 5.32 Å². The smallest absolute Gasteiger partial charge is 0.189 e. The number of thiazole rings is 1. The number of rotatable bonds is 4. The van der Waals surface area contributed by atoms with Gasteiger partial charge < -0.3 is 5.32 Å². The number of pyridine rings is 1. The van der Waals surface area contributed by atoms with E-state index >= 15 is 0 Å². The van der Waals surface area contributed by atoms with Crippen molar-refractivity contribution in [2.45, 2.75) is 0 Å². The maximum atomic E-state index is 9.15. The van der Waals surface area contributed by atoms with Gasteiger partial charge in [-0.15, -0.1) is 0 Å². The van der Waals surface area contributed by atoms with Gasteiger partial charge in [0.1, 0.15) is 23.3 Å². The summed E-state index contributed by atoms with van der Waals surface area (Å²) in [7, 11) is 0. The fourth-order valence-corrected chi connectivity index (χ4v) is 3.25. The van der Waals surface area contributed by atoms with Crippen molar-refractivity contribution in [2.24, 2.45) is 0 Å². The van der Waals surface area contributed by atoms with Crippen LogP contribution in [-0.4, -0.2) is 24.7 Å². The number of hydrogen-bond acceptors (Lipinski definition) is 7. The molecule has 0 radical (unpaired) electrons. The molecule has 0 fully saturated rings. The summed E-state index contributed by atoms with van der Waals surface area (Å²) in [5, 5.41) is 18.2. The number of anilines is 2. The fraction of sp³-hybridized carbons (Fsp3) is 0. The van der Waals surface area contributed by atoms with Gasteiger partial charge in [0, 0.05) is 23.6 Å². The molecule has 4 aromatic rings. The SMILES string of the molecule is N#Cc1cccc(-c2nc(Nc3ccncc3)sc2-n2cncn2)c1. The van der Waals surface area contributed by atoms with Crippen LogP contribution >= 0.6 is 11.3 Å². The monoisotopic (exact) mass is 345 g/mol. The molecular weight excluding hydrogens is 334 g/mol. The predicted molar refractivity (Wildman–Crippen MR) is 94.7 cm³/mol. The van der Waals surface area contributed by atoms with Gasteiger partial charge in [0.05, 0.1) is 11.6 Å². The first-order valence-electron chi connectivity index (χ1n) is 7.37. The van der Waals surface area contributed by atoms with Crippen molar-refractivity contribution in [3.05, 3.63) is 67.0 Å². The molecule has 0 atom stereocenters. The molecule has 3 aromatic heterocycles. The predicted octanol–water partition coefficient (Wildman–Crippen LogP) is 3.40. The second-order valence-electron chi connectivity index (χ2n) is 5.07. The lowest BCUT2D eigenvalue weighted by Gasteiger charge is -2.02. The van der Waals surface area contributed by atoms with Gasteiger partial charge in [-0.05, 0) is 24.3 Å².